The molecule has 2 nitrogen and oxygen atoms in total. The van der Waals surface area contributed by atoms with E-state index in [1.54, 1.807) is 12.1 Å². The van der Waals surface area contributed by atoms with E-state index in [1.165, 1.54) is 12.1 Å². The van der Waals surface area contributed by atoms with Crippen LogP contribution in [0.15, 0.2) is 28.7 Å². The van der Waals surface area contributed by atoms with Gasteiger partial charge in [0.1, 0.15) is 5.75 Å². The zero-order chi connectivity index (χ0) is 13.3. The highest BCUT2D eigenvalue weighted by Gasteiger charge is 2.22. The third-order valence-corrected chi connectivity index (χ3v) is 2.52. The van der Waals surface area contributed by atoms with Crippen molar-refractivity contribution in [1.82, 2.24) is 4.98 Å². The van der Waals surface area contributed by atoms with E-state index in [1.807, 2.05) is 0 Å². The van der Waals surface area contributed by atoms with E-state index in [9.17, 15) is 17.6 Å². The molecule has 0 aliphatic carbocycles. The van der Waals surface area contributed by atoms with Crippen LogP contribution >= 0.6 is 15.9 Å². The van der Waals surface area contributed by atoms with Gasteiger partial charge in [0.25, 0.3) is 11.9 Å². The van der Waals surface area contributed by atoms with E-state index in [2.05, 4.69) is 20.9 Å². The molecule has 2 rings (SSSR count). The minimum absolute atomic E-state index is 0.0287. The summed E-state index contributed by atoms with van der Waals surface area (Å²) in [5.41, 5.74) is 0. The maximum Gasteiger partial charge on any atom is 0.255 e. The number of aromatic nitrogens is 1. The van der Waals surface area contributed by atoms with Gasteiger partial charge in [-0.2, -0.15) is 22.5 Å². The van der Waals surface area contributed by atoms with Crippen molar-refractivity contribution in [3.8, 4) is 11.5 Å². The van der Waals surface area contributed by atoms with Crippen molar-refractivity contribution in [3.63, 3.8) is 0 Å². The lowest BCUT2D eigenvalue weighted by molar-refractivity contribution is 0.343. The predicted molar refractivity (Wildman–Crippen MR) is 58.3 cm³/mol. The van der Waals surface area contributed by atoms with Gasteiger partial charge in [0.05, 0.1) is 0 Å². The molecule has 0 fully saturated rings. The molecule has 1 aromatic carbocycles. The summed E-state index contributed by atoms with van der Waals surface area (Å²) in [5.74, 6) is -8.03. The average molecular weight is 322 g/mol. The smallest absolute Gasteiger partial charge is 0.255 e. The van der Waals surface area contributed by atoms with Crippen LogP contribution in [-0.4, -0.2) is 4.98 Å². The molecule has 0 bridgehead atoms. The van der Waals surface area contributed by atoms with Crippen molar-refractivity contribution >= 4 is 15.9 Å². The van der Waals surface area contributed by atoms with E-state index in [4.69, 9.17) is 4.74 Å². The monoisotopic (exact) mass is 321 g/mol. The molecule has 2 aromatic rings. The van der Waals surface area contributed by atoms with Crippen LogP contribution in [0, 0.1) is 23.5 Å². The highest BCUT2D eigenvalue weighted by atomic mass is 79.9. The van der Waals surface area contributed by atoms with Crippen molar-refractivity contribution in [1.29, 1.82) is 0 Å². The van der Waals surface area contributed by atoms with Crippen LogP contribution in [-0.2, 0) is 0 Å². The van der Waals surface area contributed by atoms with Gasteiger partial charge >= 0.3 is 0 Å². The van der Waals surface area contributed by atoms with Crippen LogP contribution in [0.4, 0.5) is 17.6 Å². The third kappa shape index (κ3) is 2.45. The quantitative estimate of drug-likeness (QED) is 0.611. The largest absolute Gasteiger partial charge is 0.451 e. The fourth-order valence-electron chi connectivity index (χ4n) is 1.18. The molecule has 1 heterocycles. The molecule has 0 spiro atoms. The van der Waals surface area contributed by atoms with Gasteiger partial charge in [0.2, 0.25) is 17.4 Å². The van der Waals surface area contributed by atoms with Gasteiger partial charge in [-0.3, -0.25) is 0 Å². The predicted octanol–water partition coefficient (Wildman–Crippen LogP) is 4.19. The minimum atomic E-state index is -1.76. The SMILES string of the molecule is Fc1nc(F)c(F)c(Oc2ccc(Br)cc2)c1F. The number of benzene rings is 1. The highest BCUT2D eigenvalue weighted by Crippen LogP contribution is 2.30. The molecule has 0 amide bonds. The van der Waals surface area contributed by atoms with Crippen LogP contribution in [0.3, 0.4) is 0 Å². The van der Waals surface area contributed by atoms with Gasteiger partial charge in [-0.25, -0.2) is 0 Å². The van der Waals surface area contributed by atoms with Crippen LogP contribution in [0.2, 0.25) is 0 Å². The Morgan fingerprint density at radius 2 is 1.39 bits per heavy atom. The minimum Gasteiger partial charge on any atom is -0.451 e. The number of hydrogen-bond acceptors (Lipinski definition) is 2. The number of halogens is 5. The van der Waals surface area contributed by atoms with Crippen molar-refractivity contribution in [2.45, 2.75) is 0 Å². The molecule has 0 aliphatic rings. The Hall–Kier alpha value is -1.63. The Morgan fingerprint density at radius 1 is 0.889 bits per heavy atom. The van der Waals surface area contributed by atoms with E-state index < -0.39 is 29.3 Å². The first-order chi connectivity index (χ1) is 8.49. The van der Waals surface area contributed by atoms with Gasteiger partial charge in [-0.05, 0) is 24.3 Å². The Kier molecular flexibility index (Phi) is 3.51. The first-order valence-electron chi connectivity index (χ1n) is 4.62. The topological polar surface area (TPSA) is 22.1 Å². The molecule has 0 N–H and O–H groups in total. The Balaban J connectivity index is 2.42. The van der Waals surface area contributed by atoms with E-state index >= 15 is 0 Å². The first-order valence-corrected chi connectivity index (χ1v) is 5.41. The molecule has 7 heteroatoms. The zero-order valence-corrected chi connectivity index (χ0v) is 10.1. The summed E-state index contributed by atoms with van der Waals surface area (Å²) >= 11 is 3.15. The normalized spacial score (nSPS) is 10.5. The van der Waals surface area contributed by atoms with Crippen molar-refractivity contribution in [3.05, 3.63) is 52.3 Å². The van der Waals surface area contributed by atoms with Crippen LogP contribution in [0.1, 0.15) is 0 Å². The fourth-order valence-corrected chi connectivity index (χ4v) is 1.44. The summed E-state index contributed by atoms with van der Waals surface area (Å²) in [4.78, 5) is 2.42. The zero-order valence-electron chi connectivity index (χ0n) is 8.55. The van der Waals surface area contributed by atoms with Gasteiger partial charge in [0, 0.05) is 4.47 Å². The molecule has 0 atom stereocenters. The lowest BCUT2D eigenvalue weighted by atomic mass is 10.3. The number of hydrogen-bond donors (Lipinski definition) is 0. The van der Waals surface area contributed by atoms with Crippen molar-refractivity contribution < 1.29 is 22.3 Å². The van der Waals surface area contributed by atoms with E-state index in [0.717, 1.165) is 0 Å². The molecule has 0 unspecified atom stereocenters. The summed E-state index contributed by atoms with van der Waals surface area (Å²) in [6.45, 7) is 0. The standard InChI is InChI=1S/C11H4BrF4NO/c12-5-1-3-6(4-2-5)18-9-7(13)10(15)17-11(16)8(9)14/h1-4H. The summed E-state index contributed by atoms with van der Waals surface area (Å²) in [6.07, 6.45) is 0. The lowest BCUT2D eigenvalue weighted by Crippen LogP contribution is -2.03. The number of pyridine rings is 1. The number of rotatable bonds is 2. The highest BCUT2D eigenvalue weighted by molar-refractivity contribution is 9.10. The Labute approximate surface area is 107 Å². The maximum absolute atomic E-state index is 13.2. The average Bonchev–Trinajstić information content (AvgIpc) is 2.34. The molecule has 94 valence electrons. The van der Waals surface area contributed by atoms with E-state index in [-0.39, 0.29) is 5.75 Å². The van der Waals surface area contributed by atoms with Crippen LogP contribution < -0.4 is 4.74 Å². The summed E-state index contributed by atoms with van der Waals surface area (Å²) < 4.78 is 57.5. The molecule has 0 saturated heterocycles. The first kappa shape index (κ1) is 12.8. The maximum atomic E-state index is 13.2. The number of ether oxygens (including phenoxy) is 1. The Bertz CT molecular complexity index is 562. The summed E-state index contributed by atoms with van der Waals surface area (Å²) in [7, 11) is 0. The third-order valence-electron chi connectivity index (χ3n) is 1.99. The van der Waals surface area contributed by atoms with Crippen LogP contribution in [0.25, 0.3) is 0 Å². The molecule has 1 aromatic heterocycles. The summed E-state index contributed by atoms with van der Waals surface area (Å²) in [6, 6.07) is 5.83. The fraction of sp³-hybridized carbons (Fsp3) is 0. The Morgan fingerprint density at radius 3 is 1.89 bits per heavy atom. The molecular weight excluding hydrogens is 318 g/mol. The van der Waals surface area contributed by atoms with Gasteiger partial charge < -0.3 is 4.74 Å². The summed E-state index contributed by atoms with van der Waals surface area (Å²) in [5, 5.41) is 0. The number of nitrogens with zero attached hydrogens (tertiary/aromatic N) is 1. The molecule has 0 saturated carbocycles. The van der Waals surface area contributed by atoms with Gasteiger partial charge in [-0.1, -0.05) is 15.9 Å². The van der Waals surface area contributed by atoms with Gasteiger partial charge in [-0.15, -0.1) is 0 Å². The van der Waals surface area contributed by atoms with Crippen molar-refractivity contribution in [2.24, 2.45) is 0 Å². The molecular formula is C11H4BrF4NO. The van der Waals surface area contributed by atoms with Gasteiger partial charge in [0.15, 0.2) is 0 Å². The second-order valence-corrected chi connectivity index (χ2v) is 4.12. The van der Waals surface area contributed by atoms with Crippen LogP contribution in [0.5, 0.6) is 11.5 Å². The molecule has 18 heavy (non-hydrogen) atoms. The van der Waals surface area contributed by atoms with E-state index in [0.29, 0.717) is 4.47 Å². The second kappa shape index (κ2) is 4.93. The molecule has 0 aliphatic heterocycles. The lowest BCUT2D eigenvalue weighted by Gasteiger charge is -2.08. The molecule has 0 radical (unpaired) electrons. The second-order valence-electron chi connectivity index (χ2n) is 3.21. The van der Waals surface area contributed by atoms with Crippen molar-refractivity contribution in [2.75, 3.05) is 0 Å².